The molecule has 0 bridgehead atoms. The second kappa shape index (κ2) is 2.90. The van der Waals surface area contributed by atoms with E-state index in [4.69, 9.17) is 40.1 Å². The standard InChI is InChI=1S/C5H2Cl3N3/c6-3-1-5(8,2-9)11-4(7)10-3/h1H,(H,10,11). The van der Waals surface area contributed by atoms with Crippen LogP contribution in [0.3, 0.4) is 0 Å². The average Bonchev–Trinajstić information content (AvgIpc) is 1.84. The first kappa shape index (κ1) is 8.66. The van der Waals surface area contributed by atoms with Gasteiger partial charge in [-0.1, -0.05) is 23.2 Å². The van der Waals surface area contributed by atoms with E-state index in [0.29, 0.717) is 0 Å². The Kier molecular flexibility index (Phi) is 2.28. The van der Waals surface area contributed by atoms with Crippen LogP contribution in [0.2, 0.25) is 0 Å². The van der Waals surface area contributed by atoms with E-state index in [9.17, 15) is 0 Å². The molecular formula is C5H2Cl3N3. The van der Waals surface area contributed by atoms with E-state index >= 15 is 0 Å². The third kappa shape index (κ3) is 2.00. The van der Waals surface area contributed by atoms with Crippen molar-refractivity contribution in [3.8, 4) is 6.07 Å². The van der Waals surface area contributed by atoms with Gasteiger partial charge < -0.3 is 5.32 Å². The van der Waals surface area contributed by atoms with Crippen molar-refractivity contribution in [1.29, 1.82) is 5.26 Å². The van der Waals surface area contributed by atoms with Gasteiger partial charge in [0, 0.05) is 6.08 Å². The fourth-order valence-electron chi connectivity index (χ4n) is 0.563. The summed E-state index contributed by atoms with van der Waals surface area (Å²) in [6.07, 6.45) is 1.27. The summed E-state index contributed by atoms with van der Waals surface area (Å²) < 4.78 is 0. The van der Waals surface area contributed by atoms with E-state index in [1.54, 1.807) is 6.07 Å². The molecule has 1 aliphatic rings. The van der Waals surface area contributed by atoms with E-state index < -0.39 is 5.00 Å². The average molecular weight is 210 g/mol. The zero-order valence-corrected chi connectivity index (χ0v) is 7.37. The maximum atomic E-state index is 8.51. The van der Waals surface area contributed by atoms with Gasteiger partial charge in [0.15, 0.2) is 5.29 Å². The highest BCUT2D eigenvalue weighted by atomic mass is 35.5. The number of alkyl halides is 1. The monoisotopic (exact) mass is 209 g/mol. The van der Waals surface area contributed by atoms with Gasteiger partial charge in [-0.25, -0.2) is 4.99 Å². The number of hydrogen-bond acceptors (Lipinski definition) is 3. The highest BCUT2D eigenvalue weighted by Gasteiger charge is 2.27. The van der Waals surface area contributed by atoms with E-state index in [0.717, 1.165) is 0 Å². The SMILES string of the molecule is N#CC1(Cl)C=C(Cl)NC(Cl)=N1. The number of nitrogens with one attached hydrogen (secondary N) is 1. The molecule has 1 unspecified atom stereocenters. The zero-order valence-electron chi connectivity index (χ0n) is 5.11. The molecule has 0 aromatic heterocycles. The lowest BCUT2D eigenvalue weighted by Crippen LogP contribution is -2.28. The first-order chi connectivity index (χ1) is 5.06. The van der Waals surface area contributed by atoms with Gasteiger partial charge in [-0.3, -0.25) is 0 Å². The van der Waals surface area contributed by atoms with Crippen LogP contribution in [0.5, 0.6) is 0 Å². The predicted octanol–water partition coefficient (Wildman–Crippen LogP) is 1.72. The Morgan fingerprint density at radius 3 is 2.73 bits per heavy atom. The van der Waals surface area contributed by atoms with Crippen LogP contribution in [-0.4, -0.2) is 10.3 Å². The Bertz CT molecular complexity index is 257. The van der Waals surface area contributed by atoms with Crippen molar-refractivity contribution in [3.05, 3.63) is 11.2 Å². The summed E-state index contributed by atoms with van der Waals surface area (Å²) >= 11 is 16.6. The Balaban J connectivity index is 3.01. The summed E-state index contributed by atoms with van der Waals surface area (Å²) in [5, 5.41) is 11.2. The molecule has 0 saturated carbocycles. The maximum Gasteiger partial charge on any atom is 0.244 e. The minimum atomic E-state index is -1.46. The van der Waals surface area contributed by atoms with Gasteiger partial charge in [-0.05, 0) is 11.6 Å². The van der Waals surface area contributed by atoms with Crippen LogP contribution in [0, 0.1) is 11.3 Å². The van der Waals surface area contributed by atoms with Crippen LogP contribution in [0.1, 0.15) is 0 Å². The first-order valence-corrected chi connectivity index (χ1v) is 3.70. The highest BCUT2D eigenvalue weighted by Crippen LogP contribution is 2.24. The molecule has 1 rings (SSSR count). The van der Waals surface area contributed by atoms with Crippen molar-refractivity contribution < 1.29 is 0 Å². The van der Waals surface area contributed by atoms with Crippen molar-refractivity contribution in [1.82, 2.24) is 5.32 Å². The molecule has 0 spiro atoms. The summed E-state index contributed by atoms with van der Waals surface area (Å²) in [7, 11) is 0. The fourth-order valence-corrected chi connectivity index (χ4v) is 1.39. The lowest BCUT2D eigenvalue weighted by atomic mass is 10.3. The second-order valence-electron chi connectivity index (χ2n) is 1.81. The molecule has 6 heteroatoms. The molecule has 1 aliphatic heterocycles. The number of rotatable bonds is 0. The Hall–Kier alpha value is -0.430. The second-order valence-corrected chi connectivity index (χ2v) is 3.15. The first-order valence-electron chi connectivity index (χ1n) is 2.57. The van der Waals surface area contributed by atoms with Crippen LogP contribution in [0.15, 0.2) is 16.2 Å². The maximum absolute atomic E-state index is 8.51. The topological polar surface area (TPSA) is 48.2 Å². The summed E-state index contributed by atoms with van der Waals surface area (Å²) in [6.45, 7) is 0. The number of halogens is 3. The molecule has 1 atom stereocenters. The number of amidine groups is 1. The molecule has 3 nitrogen and oxygen atoms in total. The van der Waals surface area contributed by atoms with Gasteiger partial charge in [0.05, 0.1) is 0 Å². The van der Waals surface area contributed by atoms with Gasteiger partial charge in [0.2, 0.25) is 5.00 Å². The summed E-state index contributed by atoms with van der Waals surface area (Å²) in [5.74, 6) is 0. The minimum Gasteiger partial charge on any atom is -0.321 e. The zero-order chi connectivity index (χ0) is 8.48. The molecule has 0 aromatic carbocycles. The quantitative estimate of drug-likeness (QED) is 0.489. The highest BCUT2D eigenvalue weighted by molar-refractivity contribution is 6.66. The van der Waals surface area contributed by atoms with Gasteiger partial charge in [0.1, 0.15) is 11.2 Å². The number of nitriles is 1. The van der Waals surface area contributed by atoms with Crippen molar-refractivity contribution in [2.75, 3.05) is 0 Å². The van der Waals surface area contributed by atoms with Crippen molar-refractivity contribution in [2.45, 2.75) is 5.00 Å². The van der Waals surface area contributed by atoms with Gasteiger partial charge in [-0.15, -0.1) is 0 Å². The molecule has 0 fully saturated rings. The van der Waals surface area contributed by atoms with Gasteiger partial charge in [0.25, 0.3) is 0 Å². The van der Waals surface area contributed by atoms with Crippen molar-refractivity contribution >= 4 is 40.1 Å². The van der Waals surface area contributed by atoms with Crippen LogP contribution in [0.25, 0.3) is 0 Å². The molecule has 1 N–H and O–H groups in total. The van der Waals surface area contributed by atoms with Crippen molar-refractivity contribution in [3.63, 3.8) is 0 Å². The molecule has 0 amide bonds. The van der Waals surface area contributed by atoms with Crippen LogP contribution in [0.4, 0.5) is 0 Å². The lowest BCUT2D eigenvalue weighted by Gasteiger charge is -2.16. The predicted molar refractivity (Wildman–Crippen MR) is 44.6 cm³/mol. The molecule has 11 heavy (non-hydrogen) atoms. The normalized spacial score (nSPS) is 29.6. The van der Waals surface area contributed by atoms with E-state index in [1.165, 1.54) is 6.08 Å². The Morgan fingerprint density at radius 2 is 2.27 bits per heavy atom. The minimum absolute atomic E-state index is 0.00838. The van der Waals surface area contributed by atoms with E-state index in [-0.39, 0.29) is 10.5 Å². The van der Waals surface area contributed by atoms with Crippen LogP contribution < -0.4 is 5.32 Å². The Labute approximate surface area is 78.3 Å². The third-order valence-corrected chi connectivity index (χ3v) is 1.62. The molecule has 0 radical (unpaired) electrons. The molecule has 58 valence electrons. The summed E-state index contributed by atoms with van der Waals surface area (Å²) in [6, 6.07) is 1.73. The molecule has 0 aromatic rings. The largest absolute Gasteiger partial charge is 0.321 e. The summed E-state index contributed by atoms with van der Waals surface area (Å²) in [4.78, 5) is 2.14. The lowest BCUT2D eigenvalue weighted by molar-refractivity contribution is 0.900. The third-order valence-electron chi connectivity index (χ3n) is 0.958. The van der Waals surface area contributed by atoms with Gasteiger partial charge >= 0.3 is 0 Å². The van der Waals surface area contributed by atoms with E-state index in [1.807, 2.05) is 0 Å². The van der Waals surface area contributed by atoms with Crippen molar-refractivity contribution in [2.24, 2.45) is 4.99 Å². The molecule has 1 heterocycles. The van der Waals surface area contributed by atoms with Crippen LogP contribution >= 0.6 is 34.8 Å². The molecule has 0 saturated heterocycles. The van der Waals surface area contributed by atoms with Crippen LogP contribution in [-0.2, 0) is 0 Å². The molecule has 0 aliphatic carbocycles. The number of nitrogens with zero attached hydrogens (tertiary/aromatic N) is 2. The molecular weight excluding hydrogens is 208 g/mol. The smallest absolute Gasteiger partial charge is 0.244 e. The van der Waals surface area contributed by atoms with Gasteiger partial charge in [-0.2, -0.15) is 5.26 Å². The summed E-state index contributed by atoms with van der Waals surface area (Å²) in [5.41, 5.74) is 0. The Morgan fingerprint density at radius 1 is 1.64 bits per heavy atom. The number of hydrogen-bond donors (Lipinski definition) is 1. The number of aliphatic imine (C=N–C) groups is 1. The fraction of sp³-hybridized carbons (Fsp3) is 0.200. The van der Waals surface area contributed by atoms with E-state index in [2.05, 4.69) is 10.3 Å².